The fourth-order valence-corrected chi connectivity index (χ4v) is 1.72. The van der Waals surface area contributed by atoms with Gasteiger partial charge >= 0.3 is 0 Å². The van der Waals surface area contributed by atoms with E-state index in [-0.39, 0.29) is 5.82 Å². The van der Waals surface area contributed by atoms with Crippen LogP contribution in [0.3, 0.4) is 0 Å². The Morgan fingerprint density at radius 2 is 2.06 bits per heavy atom. The van der Waals surface area contributed by atoms with Crippen LogP contribution in [-0.2, 0) is 9.59 Å². The lowest BCUT2D eigenvalue weighted by Gasteiger charge is -2.13. The van der Waals surface area contributed by atoms with E-state index in [2.05, 4.69) is 5.32 Å². The second-order valence-electron chi connectivity index (χ2n) is 4.36. The minimum absolute atomic E-state index is 0.364. The molecular weight excluding hydrogens is 223 g/mol. The van der Waals surface area contributed by atoms with E-state index in [0.29, 0.717) is 24.1 Å². The van der Waals surface area contributed by atoms with Gasteiger partial charge in [-0.25, -0.2) is 4.39 Å². The second-order valence-corrected chi connectivity index (χ2v) is 4.36. The number of anilines is 1. The van der Waals surface area contributed by atoms with Gasteiger partial charge in [0.1, 0.15) is 11.2 Å². The largest absolute Gasteiger partial charge is 0.369 e. The van der Waals surface area contributed by atoms with Crippen molar-refractivity contribution in [3.05, 3.63) is 29.6 Å². The number of amides is 2. The van der Waals surface area contributed by atoms with Crippen LogP contribution in [0, 0.1) is 18.2 Å². The monoisotopic (exact) mass is 236 g/mol. The molecule has 4 nitrogen and oxygen atoms in total. The summed E-state index contributed by atoms with van der Waals surface area (Å²) in [5.41, 5.74) is 5.25. The zero-order valence-corrected chi connectivity index (χ0v) is 9.42. The molecule has 1 fully saturated rings. The van der Waals surface area contributed by atoms with Crippen LogP contribution in [0.1, 0.15) is 18.4 Å². The molecule has 0 bridgehead atoms. The van der Waals surface area contributed by atoms with Crippen LogP contribution in [0.4, 0.5) is 10.1 Å². The minimum Gasteiger partial charge on any atom is -0.369 e. The van der Waals surface area contributed by atoms with Crippen LogP contribution >= 0.6 is 0 Å². The highest BCUT2D eigenvalue weighted by atomic mass is 19.1. The fraction of sp³-hybridized carbons (Fsp3) is 0.333. The van der Waals surface area contributed by atoms with E-state index in [1.54, 1.807) is 6.92 Å². The van der Waals surface area contributed by atoms with E-state index in [1.165, 1.54) is 18.2 Å². The molecule has 17 heavy (non-hydrogen) atoms. The molecule has 1 aromatic carbocycles. The second kappa shape index (κ2) is 3.84. The Kier molecular flexibility index (Phi) is 2.61. The number of primary amides is 1. The molecule has 2 rings (SSSR count). The third kappa shape index (κ3) is 2.00. The maximum Gasteiger partial charge on any atom is 0.240 e. The average molecular weight is 236 g/mol. The fourth-order valence-electron chi connectivity index (χ4n) is 1.72. The van der Waals surface area contributed by atoms with Crippen molar-refractivity contribution < 1.29 is 14.0 Å². The van der Waals surface area contributed by atoms with Gasteiger partial charge in [-0.3, -0.25) is 9.59 Å². The van der Waals surface area contributed by atoms with Crippen molar-refractivity contribution in [3.63, 3.8) is 0 Å². The Bertz CT molecular complexity index is 495. The van der Waals surface area contributed by atoms with Gasteiger partial charge in [-0.15, -0.1) is 0 Å². The quantitative estimate of drug-likeness (QED) is 0.777. The van der Waals surface area contributed by atoms with Crippen molar-refractivity contribution in [3.8, 4) is 0 Å². The molecule has 0 saturated heterocycles. The van der Waals surface area contributed by atoms with Gasteiger partial charge in [-0.1, -0.05) is 0 Å². The minimum atomic E-state index is -1.05. The molecule has 3 N–H and O–H groups in total. The van der Waals surface area contributed by atoms with Crippen LogP contribution in [0.2, 0.25) is 0 Å². The van der Waals surface area contributed by atoms with E-state index in [0.717, 1.165) is 0 Å². The van der Waals surface area contributed by atoms with E-state index < -0.39 is 17.2 Å². The number of aryl methyl sites for hydroxylation is 1. The first-order valence-corrected chi connectivity index (χ1v) is 5.33. The number of nitrogens with one attached hydrogen (secondary N) is 1. The summed E-state index contributed by atoms with van der Waals surface area (Å²) in [7, 11) is 0. The summed E-state index contributed by atoms with van der Waals surface area (Å²) in [6.07, 6.45) is 0.961. The summed E-state index contributed by atoms with van der Waals surface area (Å²) in [5, 5.41) is 2.62. The Labute approximate surface area is 98.0 Å². The smallest absolute Gasteiger partial charge is 0.240 e. The van der Waals surface area contributed by atoms with Gasteiger partial charge in [-0.2, -0.15) is 0 Å². The number of carbonyl (C=O) groups excluding carboxylic acids is 2. The number of rotatable bonds is 3. The standard InChI is InChI=1S/C12H13FN2O2/c1-7-6-8(13)2-3-9(7)15-11(17)12(4-5-12)10(14)16/h2-3,6H,4-5H2,1H3,(H2,14,16)(H,15,17). The third-order valence-corrected chi connectivity index (χ3v) is 3.09. The highest BCUT2D eigenvalue weighted by Gasteiger charge is 2.55. The summed E-state index contributed by atoms with van der Waals surface area (Å²) in [5.74, 6) is -1.37. The number of nitrogens with two attached hydrogens (primary N) is 1. The molecule has 1 aliphatic rings. The molecule has 5 heteroatoms. The lowest BCUT2D eigenvalue weighted by molar-refractivity contribution is -0.132. The first-order valence-electron chi connectivity index (χ1n) is 5.33. The predicted octanol–water partition coefficient (Wildman–Crippen LogP) is 1.34. The van der Waals surface area contributed by atoms with E-state index in [1.807, 2.05) is 0 Å². The van der Waals surface area contributed by atoms with Crippen LogP contribution in [-0.4, -0.2) is 11.8 Å². The molecule has 0 heterocycles. The Balaban J connectivity index is 2.17. The van der Waals surface area contributed by atoms with E-state index >= 15 is 0 Å². The van der Waals surface area contributed by atoms with Crippen molar-refractivity contribution in [1.82, 2.24) is 0 Å². The van der Waals surface area contributed by atoms with Gasteiger partial charge in [0.2, 0.25) is 11.8 Å². The van der Waals surface area contributed by atoms with Gasteiger partial charge in [0.15, 0.2) is 0 Å². The van der Waals surface area contributed by atoms with Crippen molar-refractivity contribution in [1.29, 1.82) is 0 Å². The summed E-state index contributed by atoms with van der Waals surface area (Å²) in [6.45, 7) is 1.68. The maximum atomic E-state index is 12.9. The number of hydrogen-bond donors (Lipinski definition) is 2. The molecule has 1 aromatic rings. The lowest BCUT2D eigenvalue weighted by Crippen LogP contribution is -2.36. The lowest BCUT2D eigenvalue weighted by atomic mass is 10.1. The molecule has 2 amide bonds. The molecule has 0 unspecified atom stereocenters. The topological polar surface area (TPSA) is 72.2 Å². The molecule has 0 aromatic heterocycles. The molecule has 0 aliphatic heterocycles. The molecule has 1 aliphatic carbocycles. The van der Waals surface area contributed by atoms with Gasteiger partial charge in [0.05, 0.1) is 0 Å². The van der Waals surface area contributed by atoms with Crippen molar-refractivity contribution >= 4 is 17.5 Å². The maximum absolute atomic E-state index is 12.9. The SMILES string of the molecule is Cc1cc(F)ccc1NC(=O)C1(C(N)=O)CC1. The molecule has 90 valence electrons. The number of benzene rings is 1. The van der Waals surface area contributed by atoms with Crippen molar-refractivity contribution in [2.24, 2.45) is 11.1 Å². The molecule has 0 spiro atoms. The zero-order chi connectivity index (χ0) is 12.6. The van der Waals surface area contributed by atoms with Crippen molar-refractivity contribution in [2.45, 2.75) is 19.8 Å². The molecule has 0 radical (unpaired) electrons. The van der Waals surface area contributed by atoms with Gasteiger partial charge in [0.25, 0.3) is 0 Å². The van der Waals surface area contributed by atoms with Crippen LogP contribution in [0.5, 0.6) is 0 Å². The highest BCUT2D eigenvalue weighted by Crippen LogP contribution is 2.46. The van der Waals surface area contributed by atoms with Crippen molar-refractivity contribution in [2.75, 3.05) is 5.32 Å². The number of hydrogen-bond acceptors (Lipinski definition) is 2. The summed E-state index contributed by atoms with van der Waals surface area (Å²) in [4.78, 5) is 23.0. The normalized spacial score (nSPS) is 16.4. The Morgan fingerprint density at radius 3 is 2.53 bits per heavy atom. The Morgan fingerprint density at radius 1 is 1.41 bits per heavy atom. The summed E-state index contributed by atoms with van der Waals surface area (Å²) >= 11 is 0. The Hall–Kier alpha value is -1.91. The van der Waals surface area contributed by atoms with Crippen LogP contribution < -0.4 is 11.1 Å². The number of carbonyl (C=O) groups is 2. The zero-order valence-electron chi connectivity index (χ0n) is 9.42. The van der Waals surface area contributed by atoms with E-state index in [9.17, 15) is 14.0 Å². The first kappa shape index (κ1) is 11.6. The summed E-state index contributed by atoms with van der Waals surface area (Å²) < 4.78 is 12.9. The van der Waals surface area contributed by atoms with Gasteiger partial charge in [0, 0.05) is 5.69 Å². The molecule has 0 atom stereocenters. The highest BCUT2D eigenvalue weighted by molar-refractivity contribution is 6.12. The average Bonchev–Trinajstić information content (AvgIpc) is 3.02. The van der Waals surface area contributed by atoms with E-state index in [4.69, 9.17) is 5.73 Å². The van der Waals surface area contributed by atoms with Crippen LogP contribution in [0.25, 0.3) is 0 Å². The van der Waals surface area contributed by atoms with Gasteiger partial charge < -0.3 is 11.1 Å². The van der Waals surface area contributed by atoms with Gasteiger partial charge in [-0.05, 0) is 43.5 Å². The first-order chi connectivity index (χ1) is 7.95. The van der Waals surface area contributed by atoms with Crippen LogP contribution in [0.15, 0.2) is 18.2 Å². The number of halogens is 1. The predicted molar refractivity (Wildman–Crippen MR) is 60.6 cm³/mol. The summed E-state index contributed by atoms with van der Waals surface area (Å²) in [6, 6.07) is 4.05. The molecular formula is C12H13FN2O2. The molecule has 1 saturated carbocycles. The third-order valence-electron chi connectivity index (χ3n) is 3.09.